The van der Waals surface area contributed by atoms with Crippen LogP contribution in [0.15, 0.2) is 24.8 Å². The van der Waals surface area contributed by atoms with Gasteiger partial charge in [-0.05, 0) is 50.3 Å². The molecule has 180 valence electrons. The highest BCUT2D eigenvalue weighted by molar-refractivity contribution is 5.76. The van der Waals surface area contributed by atoms with Crippen molar-refractivity contribution in [2.75, 3.05) is 20.1 Å². The number of carbonyl (C=O) groups is 1. The number of hydrogen-bond donors (Lipinski definition) is 2. The van der Waals surface area contributed by atoms with Gasteiger partial charge in [-0.3, -0.25) is 9.69 Å². The monoisotopic (exact) mass is 454 g/mol. The number of rotatable bonds is 8. The molecular weight excluding hydrogens is 416 g/mol. The van der Waals surface area contributed by atoms with Gasteiger partial charge in [-0.2, -0.15) is 0 Å². The molecule has 4 aliphatic rings. The van der Waals surface area contributed by atoms with Gasteiger partial charge in [0.2, 0.25) is 5.91 Å². The molecule has 0 radical (unpaired) electrons. The van der Waals surface area contributed by atoms with Gasteiger partial charge in [-0.1, -0.05) is 38.3 Å². The van der Waals surface area contributed by atoms with Gasteiger partial charge in [0.25, 0.3) is 0 Å². The van der Waals surface area contributed by atoms with Gasteiger partial charge in [0.05, 0.1) is 17.1 Å². The van der Waals surface area contributed by atoms with E-state index < -0.39 is 11.0 Å². The summed E-state index contributed by atoms with van der Waals surface area (Å²) in [7, 11) is 1.90. The van der Waals surface area contributed by atoms with Crippen molar-refractivity contribution < 1.29 is 19.7 Å². The third-order valence-electron chi connectivity index (χ3n) is 9.04. The number of phenols is 1. The van der Waals surface area contributed by atoms with Gasteiger partial charge < -0.3 is 19.8 Å². The van der Waals surface area contributed by atoms with E-state index in [9.17, 15) is 15.0 Å². The number of hydrogen-bond acceptors (Lipinski definition) is 5. The quantitative estimate of drug-likeness (QED) is 0.464. The number of aliphatic hydroxyl groups is 1. The van der Waals surface area contributed by atoms with E-state index in [2.05, 4.69) is 18.4 Å². The lowest BCUT2D eigenvalue weighted by Gasteiger charge is -2.64. The van der Waals surface area contributed by atoms with Crippen LogP contribution >= 0.6 is 0 Å². The fourth-order valence-corrected chi connectivity index (χ4v) is 7.45. The number of nitrogens with zero attached hydrogens (tertiary/aromatic N) is 2. The minimum Gasteiger partial charge on any atom is -0.504 e. The Morgan fingerprint density at radius 2 is 2.15 bits per heavy atom. The summed E-state index contributed by atoms with van der Waals surface area (Å²) in [6.07, 6.45) is 9.21. The molecule has 6 heteroatoms. The summed E-state index contributed by atoms with van der Waals surface area (Å²) in [6.45, 7) is 7.69. The molecule has 1 spiro atoms. The Kier molecular flexibility index (Phi) is 5.73. The topological polar surface area (TPSA) is 73.2 Å². The molecule has 2 heterocycles. The van der Waals surface area contributed by atoms with E-state index in [1.54, 1.807) is 6.07 Å². The lowest BCUT2D eigenvalue weighted by molar-refractivity contribution is -0.198. The van der Waals surface area contributed by atoms with Crippen molar-refractivity contribution in [3.8, 4) is 11.5 Å². The average Bonchev–Trinajstić information content (AvgIpc) is 3.15. The molecule has 2 bridgehead atoms. The minimum absolute atomic E-state index is 0.0191. The molecule has 1 saturated carbocycles. The molecule has 5 atom stereocenters. The largest absolute Gasteiger partial charge is 0.504 e. The number of unbranched alkanes of at least 4 members (excludes halogenated alkanes) is 3. The van der Waals surface area contributed by atoms with Crippen LogP contribution in [0.1, 0.15) is 69.4 Å². The number of carbonyl (C=O) groups excluding carboxylic acids is 1. The lowest BCUT2D eigenvalue weighted by atomic mass is 9.48. The first-order valence-electron chi connectivity index (χ1n) is 12.7. The Labute approximate surface area is 197 Å². The maximum absolute atomic E-state index is 13.1. The second kappa shape index (κ2) is 8.31. The highest BCUT2D eigenvalue weighted by Crippen LogP contribution is 2.65. The van der Waals surface area contributed by atoms with Crippen molar-refractivity contribution in [3.63, 3.8) is 0 Å². The van der Waals surface area contributed by atoms with E-state index in [1.807, 2.05) is 24.1 Å². The van der Waals surface area contributed by atoms with Crippen molar-refractivity contribution in [2.45, 2.75) is 93.9 Å². The highest BCUT2D eigenvalue weighted by atomic mass is 16.5. The fourth-order valence-electron chi connectivity index (χ4n) is 7.45. The molecule has 5 rings (SSSR count). The van der Waals surface area contributed by atoms with Crippen molar-refractivity contribution in [2.24, 2.45) is 0 Å². The molecule has 2 N–H and O–H groups in total. The first kappa shape index (κ1) is 22.7. The van der Waals surface area contributed by atoms with E-state index in [0.717, 1.165) is 62.7 Å². The number of likely N-dealkylation sites (N-methyl/N-ethyl adjacent to an activating group) is 1. The maximum Gasteiger partial charge on any atom is 0.222 e. The number of ether oxygens (including phenoxy) is 1. The zero-order valence-corrected chi connectivity index (χ0v) is 20.1. The van der Waals surface area contributed by atoms with E-state index in [0.29, 0.717) is 25.0 Å². The maximum atomic E-state index is 13.1. The summed E-state index contributed by atoms with van der Waals surface area (Å²) >= 11 is 0. The van der Waals surface area contributed by atoms with Crippen LogP contribution in [0, 0.1) is 0 Å². The van der Waals surface area contributed by atoms with Crippen LogP contribution in [0.3, 0.4) is 0 Å². The number of phenolic OH excluding ortho intramolecular Hbond substituents is 1. The Morgan fingerprint density at radius 1 is 1.33 bits per heavy atom. The van der Waals surface area contributed by atoms with Crippen LogP contribution in [-0.2, 0) is 16.6 Å². The highest BCUT2D eigenvalue weighted by Gasteiger charge is 2.73. The molecule has 0 unspecified atom stereocenters. The van der Waals surface area contributed by atoms with E-state index >= 15 is 0 Å². The third kappa shape index (κ3) is 3.09. The number of aromatic hydroxyl groups is 1. The minimum atomic E-state index is -0.952. The summed E-state index contributed by atoms with van der Waals surface area (Å²) < 4.78 is 6.55. The van der Waals surface area contributed by atoms with Crippen molar-refractivity contribution >= 4 is 5.91 Å². The van der Waals surface area contributed by atoms with Gasteiger partial charge >= 0.3 is 0 Å². The third-order valence-corrected chi connectivity index (χ3v) is 9.04. The number of piperidine rings is 1. The van der Waals surface area contributed by atoms with Crippen LogP contribution in [0.25, 0.3) is 0 Å². The zero-order valence-electron chi connectivity index (χ0n) is 20.1. The van der Waals surface area contributed by atoms with Crippen LogP contribution in [-0.4, -0.2) is 69.8 Å². The summed E-state index contributed by atoms with van der Waals surface area (Å²) in [5.41, 5.74) is 0.601. The normalized spacial score (nSPS) is 33.8. The number of amides is 1. The Bertz CT molecular complexity index is 948. The number of benzene rings is 1. The summed E-state index contributed by atoms with van der Waals surface area (Å²) in [5.74, 6) is 0.819. The summed E-state index contributed by atoms with van der Waals surface area (Å²) in [4.78, 5) is 17.4. The Balaban J connectivity index is 1.52. The molecule has 2 aliphatic carbocycles. The lowest BCUT2D eigenvalue weighted by Crippen LogP contribution is -2.78. The van der Waals surface area contributed by atoms with Gasteiger partial charge in [0.1, 0.15) is 6.10 Å². The van der Waals surface area contributed by atoms with Crippen LogP contribution < -0.4 is 4.74 Å². The van der Waals surface area contributed by atoms with Crippen molar-refractivity contribution in [1.82, 2.24) is 9.80 Å². The molecular formula is C27H38N2O4. The molecule has 1 saturated heterocycles. The van der Waals surface area contributed by atoms with Crippen molar-refractivity contribution in [3.05, 3.63) is 35.9 Å². The fraction of sp³-hybridized carbons (Fsp3) is 0.667. The van der Waals surface area contributed by atoms with Crippen LogP contribution in [0.2, 0.25) is 0 Å². The van der Waals surface area contributed by atoms with Gasteiger partial charge in [0, 0.05) is 31.6 Å². The predicted octanol–water partition coefficient (Wildman–Crippen LogP) is 3.53. The van der Waals surface area contributed by atoms with Crippen LogP contribution in [0.4, 0.5) is 0 Å². The summed E-state index contributed by atoms with van der Waals surface area (Å²) in [5, 5.41) is 23.1. The molecule has 1 aromatic carbocycles. The Hall–Kier alpha value is -2.05. The number of likely N-dealkylation sites (tertiary alicyclic amines) is 1. The molecule has 2 fully saturated rings. The van der Waals surface area contributed by atoms with E-state index in [-0.39, 0.29) is 29.8 Å². The molecule has 0 aromatic heterocycles. The van der Waals surface area contributed by atoms with Gasteiger partial charge in [-0.25, -0.2) is 0 Å². The van der Waals surface area contributed by atoms with Gasteiger partial charge in [-0.15, -0.1) is 6.58 Å². The first-order chi connectivity index (χ1) is 15.9. The zero-order chi connectivity index (χ0) is 23.4. The smallest absolute Gasteiger partial charge is 0.222 e. The van der Waals surface area contributed by atoms with Gasteiger partial charge in [0.15, 0.2) is 11.5 Å². The second-order valence-corrected chi connectivity index (χ2v) is 10.6. The average molecular weight is 455 g/mol. The standard InChI is InChI=1S/C27H38N2O4/c1-4-6-7-8-9-22(31)28(3)19-12-13-27(32)21-17-18-10-11-20(30)24-23(18)26(27,25(19)33-24)14-16-29(21)15-5-2/h5,10-11,19,21,25,30,32H,2,4,6-9,12-17H2,1,3H3/t19-,21-,25+,26+,27-/m1/s1. The second-order valence-electron chi connectivity index (χ2n) is 10.6. The molecule has 6 nitrogen and oxygen atoms in total. The predicted molar refractivity (Wildman–Crippen MR) is 128 cm³/mol. The first-order valence-corrected chi connectivity index (χ1v) is 12.7. The van der Waals surface area contributed by atoms with E-state index in [1.165, 1.54) is 0 Å². The summed E-state index contributed by atoms with van der Waals surface area (Å²) in [6, 6.07) is 3.58. The Morgan fingerprint density at radius 3 is 2.91 bits per heavy atom. The molecule has 33 heavy (non-hydrogen) atoms. The SMILES string of the molecule is C=CCN1CC[C@]23c4c5ccc(O)c4O[C@H]2[C@H](N(C)C(=O)CCCCCC)CC[C@@]3(O)[C@H]1C5. The van der Waals surface area contributed by atoms with E-state index in [4.69, 9.17) is 4.74 Å². The molecule has 1 aromatic rings. The van der Waals surface area contributed by atoms with Crippen molar-refractivity contribution in [1.29, 1.82) is 0 Å². The van der Waals surface area contributed by atoms with Crippen LogP contribution in [0.5, 0.6) is 11.5 Å². The molecule has 2 aliphatic heterocycles. The molecule has 1 amide bonds.